The molecular weight excluding hydrogens is 404 g/mol. The van der Waals surface area contributed by atoms with Gasteiger partial charge in [-0.3, -0.25) is 9.78 Å². The van der Waals surface area contributed by atoms with Crippen LogP contribution in [-0.2, 0) is 22.0 Å². The molecule has 1 atom stereocenters. The minimum absolute atomic E-state index is 0.0462. The highest BCUT2D eigenvalue weighted by Gasteiger charge is 2.46. The van der Waals surface area contributed by atoms with Gasteiger partial charge in [0, 0.05) is 31.6 Å². The van der Waals surface area contributed by atoms with Gasteiger partial charge in [-0.1, -0.05) is 12.1 Å². The molecule has 0 amide bonds. The molecule has 0 saturated carbocycles. The molecule has 1 aromatic heterocycles. The van der Waals surface area contributed by atoms with Crippen molar-refractivity contribution in [3.63, 3.8) is 0 Å². The average Bonchev–Trinajstić information content (AvgIpc) is 2.66. The number of aryl methyl sites for hydroxylation is 2. The van der Waals surface area contributed by atoms with Crippen LogP contribution in [0.25, 0.3) is 0 Å². The molecule has 2 aliphatic heterocycles. The van der Waals surface area contributed by atoms with Gasteiger partial charge in [0.15, 0.2) is 5.78 Å². The number of aromatic nitrogens is 1. The van der Waals surface area contributed by atoms with Crippen molar-refractivity contribution in [1.29, 1.82) is 0 Å². The molecule has 0 fully saturated rings. The van der Waals surface area contributed by atoms with E-state index in [-0.39, 0.29) is 23.9 Å². The summed E-state index contributed by atoms with van der Waals surface area (Å²) in [6.07, 6.45) is 2.21. The third kappa shape index (κ3) is 3.43. The zero-order chi connectivity index (χ0) is 21.7. The van der Waals surface area contributed by atoms with Crippen LogP contribution in [0.2, 0.25) is 0 Å². The molecule has 4 rings (SSSR count). The highest BCUT2D eigenvalue weighted by molar-refractivity contribution is 7.89. The van der Waals surface area contributed by atoms with E-state index in [4.69, 9.17) is 10.5 Å². The number of pyridine rings is 1. The normalized spacial score (nSPS) is 22.2. The highest BCUT2D eigenvalue weighted by Crippen LogP contribution is 2.43. The van der Waals surface area contributed by atoms with Crippen LogP contribution < -0.4 is 10.5 Å². The first kappa shape index (κ1) is 20.3. The monoisotopic (exact) mass is 428 g/mol. The summed E-state index contributed by atoms with van der Waals surface area (Å²) in [6, 6.07) is 7.32. The molecule has 0 saturated heterocycles. The average molecular weight is 429 g/mol. The summed E-state index contributed by atoms with van der Waals surface area (Å²) in [5.74, 6) is 0.231. The van der Waals surface area contributed by atoms with Crippen molar-refractivity contribution in [1.82, 2.24) is 9.29 Å². The predicted octanol–water partition coefficient (Wildman–Crippen LogP) is 1.69. The van der Waals surface area contributed by atoms with Crippen molar-refractivity contribution in [3.8, 4) is 5.75 Å². The van der Waals surface area contributed by atoms with Crippen molar-refractivity contribution >= 4 is 21.8 Å². The lowest BCUT2D eigenvalue weighted by Crippen LogP contribution is -2.52. The van der Waals surface area contributed by atoms with Crippen molar-refractivity contribution in [2.45, 2.75) is 32.2 Å². The van der Waals surface area contributed by atoms with Gasteiger partial charge in [-0.15, -0.1) is 0 Å². The van der Waals surface area contributed by atoms with E-state index in [9.17, 15) is 13.2 Å². The van der Waals surface area contributed by atoms with Crippen LogP contribution in [0.1, 0.15) is 39.2 Å². The largest absolute Gasteiger partial charge is 0.493 e. The predicted molar refractivity (Wildman–Crippen MR) is 113 cm³/mol. The summed E-state index contributed by atoms with van der Waals surface area (Å²) in [7, 11) is -2.21. The standard InChI is InChI=1S/C21H24N4O4S/c1-13-8-14(2)19(23-11-13)17(26)10-15-4-5-18-16(9-15)21(6-7-29-18)12-30(27,28)25(3)20(22)24-21/h4-5,8-9,11H,6-7,10,12H2,1-3H3,(H2,22,24)/t21-/m0/s1. The zero-order valence-corrected chi connectivity index (χ0v) is 18.0. The Hall–Kier alpha value is -2.94. The van der Waals surface area contributed by atoms with Crippen LogP contribution in [0, 0.1) is 13.8 Å². The Morgan fingerprint density at radius 3 is 2.77 bits per heavy atom. The van der Waals surface area contributed by atoms with E-state index in [1.807, 2.05) is 32.0 Å². The van der Waals surface area contributed by atoms with Crippen LogP contribution in [-0.4, -0.2) is 48.9 Å². The Morgan fingerprint density at radius 1 is 1.30 bits per heavy atom. The number of ether oxygens (including phenoxy) is 1. The topological polar surface area (TPSA) is 115 Å². The third-order valence-corrected chi connectivity index (χ3v) is 7.52. The summed E-state index contributed by atoms with van der Waals surface area (Å²) < 4.78 is 32.0. The molecule has 0 unspecified atom stereocenters. The summed E-state index contributed by atoms with van der Waals surface area (Å²) in [5, 5.41) is 0. The molecule has 2 aliphatic rings. The number of nitrogens with two attached hydrogens (primary N) is 1. The lowest BCUT2D eigenvalue weighted by atomic mass is 9.85. The molecule has 9 heteroatoms. The maximum absolute atomic E-state index is 12.8. The van der Waals surface area contributed by atoms with Crippen LogP contribution in [0.4, 0.5) is 0 Å². The first-order chi connectivity index (χ1) is 14.1. The van der Waals surface area contributed by atoms with Gasteiger partial charge in [0.25, 0.3) is 0 Å². The minimum Gasteiger partial charge on any atom is -0.493 e. The molecule has 0 aliphatic carbocycles. The van der Waals surface area contributed by atoms with Gasteiger partial charge >= 0.3 is 0 Å². The van der Waals surface area contributed by atoms with Gasteiger partial charge in [0.2, 0.25) is 16.0 Å². The molecule has 1 spiro atoms. The Kier molecular flexibility index (Phi) is 4.80. The van der Waals surface area contributed by atoms with Crippen LogP contribution >= 0.6 is 0 Å². The molecular formula is C21H24N4O4S. The first-order valence-corrected chi connectivity index (χ1v) is 11.3. The van der Waals surface area contributed by atoms with Crippen LogP contribution in [0.5, 0.6) is 5.75 Å². The van der Waals surface area contributed by atoms with E-state index in [1.54, 1.807) is 12.3 Å². The second kappa shape index (κ2) is 7.09. The van der Waals surface area contributed by atoms with E-state index in [2.05, 4.69) is 9.98 Å². The molecule has 1 aromatic carbocycles. The number of carbonyl (C=O) groups is 1. The Balaban J connectivity index is 1.72. The number of hydrogen-bond donors (Lipinski definition) is 1. The van der Waals surface area contributed by atoms with Gasteiger partial charge in [0.1, 0.15) is 17.0 Å². The number of sulfonamides is 1. The van der Waals surface area contributed by atoms with Crippen LogP contribution in [0.3, 0.4) is 0 Å². The lowest BCUT2D eigenvalue weighted by molar-refractivity contribution is 0.0987. The molecule has 2 aromatic rings. The van der Waals surface area contributed by atoms with Crippen LogP contribution in [0.15, 0.2) is 35.5 Å². The second-order valence-electron chi connectivity index (χ2n) is 7.93. The molecule has 158 valence electrons. The van der Waals surface area contributed by atoms with E-state index >= 15 is 0 Å². The number of guanidine groups is 1. The Labute approximate surface area is 175 Å². The van der Waals surface area contributed by atoms with E-state index in [1.165, 1.54) is 7.05 Å². The minimum atomic E-state index is -3.60. The van der Waals surface area contributed by atoms with E-state index < -0.39 is 15.6 Å². The lowest BCUT2D eigenvalue weighted by Gasteiger charge is -2.40. The number of fused-ring (bicyclic) bond motifs is 2. The van der Waals surface area contributed by atoms with Gasteiger partial charge in [0.05, 0.1) is 12.4 Å². The fourth-order valence-corrected chi connectivity index (χ4v) is 5.53. The molecule has 8 nitrogen and oxygen atoms in total. The molecule has 2 N–H and O–H groups in total. The Morgan fingerprint density at radius 2 is 2.07 bits per heavy atom. The van der Waals surface area contributed by atoms with Crippen molar-refractivity contribution < 1.29 is 17.9 Å². The maximum Gasteiger partial charge on any atom is 0.239 e. The van der Waals surface area contributed by atoms with Gasteiger partial charge in [-0.25, -0.2) is 17.7 Å². The van der Waals surface area contributed by atoms with Crippen molar-refractivity contribution in [2.24, 2.45) is 10.7 Å². The number of nitrogens with zero attached hydrogens (tertiary/aromatic N) is 3. The fraction of sp³-hybridized carbons (Fsp3) is 0.381. The van der Waals surface area contributed by atoms with Gasteiger partial charge in [-0.05, 0) is 42.7 Å². The number of aliphatic imine (C=N–C) groups is 1. The molecule has 0 bridgehead atoms. The first-order valence-electron chi connectivity index (χ1n) is 9.66. The molecule has 0 radical (unpaired) electrons. The Bertz CT molecular complexity index is 1180. The number of carbonyl (C=O) groups excluding carboxylic acids is 1. The fourth-order valence-electron chi connectivity index (χ4n) is 4.05. The molecule has 30 heavy (non-hydrogen) atoms. The number of benzene rings is 1. The van der Waals surface area contributed by atoms with E-state index in [0.717, 1.165) is 21.0 Å². The second-order valence-corrected chi connectivity index (χ2v) is 9.93. The number of Topliss-reactive ketones (excluding diaryl/α,β-unsaturated/α-hetero) is 1. The molecule has 3 heterocycles. The van der Waals surface area contributed by atoms with Gasteiger partial charge in [-0.2, -0.15) is 0 Å². The smallest absolute Gasteiger partial charge is 0.239 e. The summed E-state index contributed by atoms with van der Waals surface area (Å²) >= 11 is 0. The number of ketones is 1. The number of rotatable bonds is 3. The van der Waals surface area contributed by atoms with Crippen molar-refractivity contribution in [3.05, 3.63) is 58.4 Å². The highest BCUT2D eigenvalue weighted by atomic mass is 32.2. The SMILES string of the molecule is Cc1cnc(C(=O)Cc2ccc3c(c2)[C@]2(CCO3)CS(=O)(=O)N(C)C(N)=N2)c(C)c1. The zero-order valence-electron chi connectivity index (χ0n) is 17.2. The van der Waals surface area contributed by atoms with E-state index in [0.29, 0.717) is 30.0 Å². The summed E-state index contributed by atoms with van der Waals surface area (Å²) in [4.78, 5) is 21.7. The quantitative estimate of drug-likeness (QED) is 0.744. The maximum atomic E-state index is 12.8. The number of hydrogen-bond acceptors (Lipinski definition) is 7. The third-order valence-electron chi connectivity index (χ3n) is 5.65. The summed E-state index contributed by atoms with van der Waals surface area (Å²) in [6.45, 7) is 4.14. The summed E-state index contributed by atoms with van der Waals surface area (Å²) in [5.41, 5.74) is 8.58. The van der Waals surface area contributed by atoms with Crippen molar-refractivity contribution in [2.75, 3.05) is 19.4 Å². The van der Waals surface area contributed by atoms with Gasteiger partial charge < -0.3 is 10.5 Å².